The molecule has 1 aromatic rings. The molecule has 106 valence electrons. The summed E-state index contributed by atoms with van der Waals surface area (Å²) in [6.07, 6.45) is 1.89. The van der Waals surface area contributed by atoms with Crippen LogP contribution in [0.4, 0.5) is 5.82 Å². The van der Waals surface area contributed by atoms with Crippen LogP contribution in [0, 0.1) is 6.92 Å². The number of rotatable bonds is 4. The summed E-state index contributed by atoms with van der Waals surface area (Å²) in [5.41, 5.74) is 0.916. The zero-order valence-corrected chi connectivity index (χ0v) is 13.5. The van der Waals surface area contributed by atoms with Crippen LogP contribution in [0.1, 0.15) is 18.5 Å². The molecule has 1 aliphatic heterocycles. The van der Waals surface area contributed by atoms with E-state index in [1.165, 1.54) is 7.05 Å². The predicted octanol–water partition coefficient (Wildman–Crippen LogP) is 1.67. The van der Waals surface area contributed by atoms with E-state index < -0.39 is 10.0 Å². The topological polar surface area (TPSA) is 62.3 Å². The van der Waals surface area contributed by atoms with Gasteiger partial charge in [0.1, 0.15) is 5.82 Å². The molecular formula is C12H18BrN3O2S. The average molecular weight is 348 g/mol. The molecule has 0 amide bonds. The minimum Gasteiger partial charge on any atom is -0.353 e. The van der Waals surface area contributed by atoms with Gasteiger partial charge in [0.2, 0.25) is 10.0 Å². The molecule has 19 heavy (non-hydrogen) atoms. The molecule has 0 radical (unpaired) electrons. The van der Waals surface area contributed by atoms with Crippen LogP contribution < -0.4 is 9.62 Å². The fourth-order valence-corrected chi connectivity index (χ4v) is 3.58. The monoisotopic (exact) mass is 347 g/mol. The first-order valence-corrected chi connectivity index (χ1v) is 8.68. The molecule has 0 bridgehead atoms. The van der Waals surface area contributed by atoms with Crippen molar-refractivity contribution in [1.82, 2.24) is 9.71 Å². The molecule has 1 atom stereocenters. The Bertz CT molecular complexity index is 562. The molecule has 7 heteroatoms. The Morgan fingerprint density at radius 2 is 2.26 bits per heavy atom. The summed E-state index contributed by atoms with van der Waals surface area (Å²) in [5, 5.41) is 0. The molecule has 0 aliphatic carbocycles. The van der Waals surface area contributed by atoms with Crippen LogP contribution in [0.3, 0.4) is 0 Å². The van der Waals surface area contributed by atoms with Gasteiger partial charge < -0.3 is 4.90 Å². The van der Waals surface area contributed by atoms with Crippen LogP contribution in [-0.2, 0) is 10.0 Å². The highest BCUT2D eigenvalue weighted by molar-refractivity contribution is 9.10. The van der Waals surface area contributed by atoms with E-state index in [1.54, 1.807) is 0 Å². The number of aryl methyl sites for hydroxylation is 1. The number of hydrogen-bond donors (Lipinski definition) is 1. The summed E-state index contributed by atoms with van der Waals surface area (Å²) >= 11 is 3.43. The summed E-state index contributed by atoms with van der Waals surface area (Å²) in [5.74, 6) is 0.981. The molecule has 1 fully saturated rings. The Morgan fingerprint density at radius 1 is 1.53 bits per heavy atom. The number of halogens is 1. The second kappa shape index (κ2) is 5.76. The third kappa shape index (κ3) is 3.46. The van der Waals surface area contributed by atoms with Gasteiger partial charge in [-0.05, 0) is 54.9 Å². The second-order valence-corrected chi connectivity index (χ2v) is 7.54. The van der Waals surface area contributed by atoms with Crippen molar-refractivity contribution in [2.45, 2.75) is 25.8 Å². The molecular weight excluding hydrogens is 330 g/mol. The lowest BCUT2D eigenvalue weighted by molar-refractivity contribution is 0.577. The van der Waals surface area contributed by atoms with Gasteiger partial charge in [-0.15, -0.1) is 0 Å². The number of pyridine rings is 1. The minimum atomic E-state index is -3.19. The van der Waals surface area contributed by atoms with E-state index in [1.807, 2.05) is 19.1 Å². The number of sulfonamides is 1. The lowest BCUT2D eigenvalue weighted by Crippen LogP contribution is -2.38. The van der Waals surface area contributed by atoms with Crippen LogP contribution in [-0.4, -0.2) is 38.8 Å². The average Bonchev–Trinajstić information content (AvgIpc) is 2.80. The van der Waals surface area contributed by atoms with E-state index >= 15 is 0 Å². The first-order valence-electron chi connectivity index (χ1n) is 6.24. The van der Waals surface area contributed by atoms with Gasteiger partial charge in [0.05, 0.1) is 11.4 Å². The van der Waals surface area contributed by atoms with E-state index in [9.17, 15) is 8.42 Å². The second-order valence-electron chi connectivity index (χ2n) is 4.71. The minimum absolute atomic E-state index is 0.00512. The molecule has 1 unspecified atom stereocenters. The van der Waals surface area contributed by atoms with Crippen molar-refractivity contribution in [2.24, 2.45) is 0 Å². The van der Waals surface area contributed by atoms with Gasteiger partial charge in [0.15, 0.2) is 0 Å². The number of aromatic nitrogens is 1. The summed E-state index contributed by atoms with van der Waals surface area (Å²) in [4.78, 5) is 6.62. The largest absolute Gasteiger partial charge is 0.353 e. The van der Waals surface area contributed by atoms with Gasteiger partial charge in [-0.2, -0.15) is 0 Å². The molecule has 1 saturated heterocycles. The van der Waals surface area contributed by atoms with E-state index in [-0.39, 0.29) is 11.8 Å². The van der Waals surface area contributed by atoms with Crippen molar-refractivity contribution >= 4 is 31.8 Å². The maximum Gasteiger partial charge on any atom is 0.213 e. The zero-order chi connectivity index (χ0) is 14.0. The van der Waals surface area contributed by atoms with Gasteiger partial charge in [0.25, 0.3) is 0 Å². The van der Waals surface area contributed by atoms with Gasteiger partial charge >= 0.3 is 0 Å². The highest BCUT2D eigenvalue weighted by atomic mass is 79.9. The first-order chi connectivity index (χ1) is 8.93. The number of nitrogens with one attached hydrogen (secondary N) is 1. The lowest BCUT2D eigenvalue weighted by atomic mass is 10.2. The maximum absolute atomic E-state index is 11.7. The highest BCUT2D eigenvalue weighted by Crippen LogP contribution is 2.26. The molecule has 0 saturated carbocycles. The summed E-state index contributed by atoms with van der Waals surface area (Å²) in [6, 6.07) is 3.90. The van der Waals surface area contributed by atoms with Crippen LogP contribution in [0.5, 0.6) is 0 Å². The molecule has 1 N–H and O–H groups in total. The van der Waals surface area contributed by atoms with Crippen LogP contribution in [0.25, 0.3) is 0 Å². The Labute approximate surface area is 122 Å². The predicted molar refractivity (Wildman–Crippen MR) is 79.9 cm³/mol. The molecule has 0 spiro atoms. The Hall–Kier alpha value is -0.660. The van der Waals surface area contributed by atoms with Crippen molar-refractivity contribution in [2.75, 3.05) is 24.2 Å². The fraction of sp³-hybridized carbons (Fsp3) is 0.583. The smallest absolute Gasteiger partial charge is 0.213 e. The third-order valence-corrected chi connectivity index (χ3v) is 5.68. The van der Waals surface area contributed by atoms with Gasteiger partial charge in [-0.25, -0.2) is 18.1 Å². The van der Waals surface area contributed by atoms with E-state index in [0.717, 1.165) is 35.4 Å². The van der Waals surface area contributed by atoms with Crippen LogP contribution in [0.2, 0.25) is 0 Å². The fourth-order valence-electron chi connectivity index (χ4n) is 2.34. The van der Waals surface area contributed by atoms with Gasteiger partial charge in [0, 0.05) is 17.1 Å². The molecule has 1 aromatic heterocycles. The molecule has 2 rings (SSSR count). The SMILES string of the molecule is CNS(=O)(=O)CC1CCCN1c1ccc(Br)c(C)n1. The highest BCUT2D eigenvalue weighted by Gasteiger charge is 2.29. The molecule has 5 nitrogen and oxygen atoms in total. The Balaban J connectivity index is 2.21. The van der Waals surface area contributed by atoms with Crippen molar-refractivity contribution in [1.29, 1.82) is 0 Å². The lowest BCUT2D eigenvalue weighted by Gasteiger charge is -2.25. The number of nitrogens with zero attached hydrogens (tertiary/aromatic N) is 2. The number of hydrogen-bond acceptors (Lipinski definition) is 4. The Morgan fingerprint density at radius 3 is 2.89 bits per heavy atom. The van der Waals surface area contributed by atoms with Crippen molar-refractivity contribution in [3.63, 3.8) is 0 Å². The summed E-state index contributed by atoms with van der Waals surface area (Å²) < 4.78 is 26.7. The zero-order valence-electron chi connectivity index (χ0n) is 11.1. The number of anilines is 1. The maximum atomic E-state index is 11.7. The Kier molecular flexibility index (Phi) is 4.47. The normalized spacial score (nSPS) is 19.9. The van der Waals surface area contributed by atoms with E-state index in [2.05, 4.69) is 30.5 Å². The van der Waals surface area contributed by atoms with Crippen molar-refractivity contribution < 1.29 is 8.42 Å². The van der Waals surface area contributed by atoms with Crippen molar-refractivity contribution in [3.8, 4) is 0 Å². The van der Waals surface area contributed by atoms with Crippen LogP contribution in [0.15, 0.2) is 16.6 Å². The quantitative estimate of drug-likeness (QED) is 0.899. The van der Waals surface area contributed by atoms with Gasteiger partial charge in [-0.3, -0.25) is 0 Å². The van der Waals surface area contributed by atoms with Gasteiger partial charge in [-0.1, -0.05) is 0 Å². The summed E-state index contributed by atoms with van der Waals surface area (Å²) in [7, 11) is -1.74. The van der Waals surface area contributed by atoms with E-state index in [0.29, 0.717) is 0 Å². The van der Waals surface area contributed by atoms with E-state index in [4.69, 9.17) is 0 Å². The molecule has 2 heterocycles. The summed E-state index contributed by atoms with van der Waals surface area (Å²) in [6.45, 7) is 2.79. The van der Waals surface area contributed by atoms with Crippen molar-refractivity contribution in [3.05, 3.63) is 22.3 Å². The third-order valence-electron chi connectivity index (χ3n) is 3.40. The molecule has 0 aromatic carbocycles. The van der Waals surface area contributed by atoms with Crippen LogP contribution >= 0.6 is 15.9 Å². The first kappa shape index (κ1) is 14.7. The molecule has 1 aliphatic rings. The standard InChI is InChI=1S/C12H18BrN3O2S/c1-9-11(13)5-6-12(15-9)16-7-3-4-10(16)8-19(17,18)14-2/h5-6,10,14H,3-4,7-8H2,1-2H3.